The third-order valence-corrected chi connectivity index (χ3v) is 2.06. The Labute approximate surface area is 69.2 Å². The van der Waals surface area contributed by atoms with Gasteiger partial charge in [-0.05, 0) is 17.5 Å². The molecule has 0 unspecified atom stereocenters. The number of thiophene rings is 1. The van der Waals surface area contributed by atoms with Crippen molar-refractivity contribution in [3.05, 3.63) is 24.6 Å². The number of methoxy groups -OCH3 is 1. The number of nitrogens with zero attached hydrogens (tertiary/aromatic N) is 1. The van der Waals surface area contributed by atoms with E-state index in [0.717, 1.165) is 5.00 Å². The number of carbonyl (C=O) groups is 1. The van der Waals surface area contributed by atoms with Gasteiger partial charge < -0.3 is 4.74 Å². The maximum atomic E-state index is 10.9. The SMILES string of the molecule is [CH2]N(C(=O)OC)c1cccs1. The van der Waals surface area contributed by atoms with Crippen LogP contribution >= 0.6 is 11.3 Å². The Morgan fingerprint density at radius 3 is 3.00 bits per heavy atom. The van der Waals surface area contributed by atoms with Crippen LogP contribution in [0.5, 0.6) is 0 Å². The fraction of sp³-hybridized carbons (Fsp3) is 0.143. The van der Waals surface area contributed by atoms with Crippen LogP contribution < -0.4 is 4.90 Å². The Kier molecular flexibility index (Phi) is 2.48. The summed E-state index contributed by atoms with van der Waals surface area (Å²) in [6.45, 7) is 0. The van der Waals surface area contributed by atoms with Crippen molar-refractivity contribution in [2.45, 2.75) is 0 Å². The summed E-state index contributed by atoms with van der Waals surface area (Å²) in [6.07, 6.45) is -0.451. The molecule has 1 rings (SSSR count). The molecule has 0 aliphatic heterocycles. The van der Waals surface area contributed by atoms with Crippen LogP contribution in [0.1, 0.15) is 0 Å². The van der Waals surface area contributed by atoms with E-state index in [1.54, 1.807) is 6.07 Å². The number of rotatable bonds is 1. The smallest absolute Gasteiger partial charge is 0.414 e. The van der Waals surface area contributed by atoms with E-state index in [-0.39, 0.29) is 0 Å². The average Bonchev–Trinajstić information content (AvgIpc) is 2.53. The van der Waals surface area contributed by atoms with Crippen LogP contribution in [0.2, 0.25) is 0 Å². The van der Waals surface area contributed by atoms with Gasteiger partial charge in [-0.15, -0.1) is 11.3 Å². The van der Waals surface area contributed by atoms with Gasteiger partial charge in [-0.1, -0.05) is 0 Å². The molecule has 3 nitrogen and oxygen atoms in total. The van der Waals surface area contributed by atoms with Crippen LogP contribution in [0.4, 0.5) is 9.80 Å². The zero-order valence-corrected chi connectivity index (χ0v) is 6.93. The summed E-state index contributed by atoms with van der Waals surface area (Å²) in [6, 6.07) is 3.65. The van der Waals surface area contributed by atoms with Gasteiger partial charge >= 0.3 is 6.09 Å². The van der Waals surface area contributed by atoms with E-state index in [9.17, 15) is 4.79 Å². The minimum Gasteiger partial charge on any atom is -0.452 e. The van der Waals surface area contributed by atoms with Gasteiger partial charge in [-0.3, -0.25) is 4.90 Å². The molecule has 11 heavy (non-hydrogen) atoms. The summed E-state index contributed by atoms with van der Waals surface area (Å²) in [5, 5.41) is 2.65. The number of anilines is 1. The van der Waals surface area contributed by atoms with Crippen molar-refractivity contribution in [3.63, 3.8) is 0 Å². The number of hydrogen-bond donors (Lipinski definition) is 0. The summed E-state index contributed by atoms with van der Waals surface area (Å²) in [7, 11) is 4.85. The third kappa shape index (κ3) is 1.71. The van der Waals surface area contributed by atoms with Crippen LogP contribution in [0.3, 0.4) is 0 Å². The van der Waals surface area contributed by atoms with E-state index in [2.05, 4.69) is 11.8 Å². The number of hydrogen-bond acceptors (Lipinski definition) is 3. The number of ether oxygens (including phenoxy) is 1. The monoisotopic (exact) mass is 170 g/mol. The molecule has 0 bridgehead atoms. The molecule has 1 aromatic heterocycles. The molecule has 1 heterocycles. The molecule has 0 N–H and O–H groups in total. The third-order valence-electron chi connectivity index (χ3n) is 1.17. The van der Waals surface area contributed by atoms with Crippen molar-refractivity contribution in [1.82, 2.24) is 0 Å². The maximum Gasteiger partial charge on any atom is 0.414 e. The van der Waals surface area contributed by atoms with Gasteiger partial charge in [-0.25, -0.2) is 4.79 Å². The molecule has 0 aliphatic rings. The first-order valence-electron chi connectivity index (χ1n) is 2.98. The molecule has 1 aromatic rings. The zero-order valence-electron chi connectivity index (χ0n) is 6.11. The summed E-state index contributed by atoms with van der Waals surface area (Å²) in [5.74, 6) is 0. The van der Waals surface area contributed by atoms with Crippen molar-refractivity contribution in [2.75, 3.05) is 12.0 Å². The van der Waals surface area contributed by atoms with Crippen LogP contribution in [-0.4, -0.2) is 13.2 Å². The fourth-order valence-electron chi connectivity index (χ4n) is 0.624. The zero-order chi connectivity index (χ0) is 8.27. The highest BCUT2D eigenvalue weighted by atomic mass is 32.1. The van der Waals surface area contributed by atoms with Gasteiger partial charge in [0.25, 0.3) is 0 Å². The van der Waals surface area contributed by atoms with E-state index >= 15 is 0 Å². The Morgan fingerprint density at radius 2 is 2.55 bits per heavy atom. The molecule has 0 aromatic carbocycles. The normalized spacial score (nSPS) is 9.27. The summed E-state index contributed by atoms with van der Waals surface area (Å²) >= 11 is 1.44. The molecule has 0 saturated carbocycles. The van der Waals surface area contributed by atoms with Gasteiger partial charge in [-0.2, -0.15) is 0 Å². The van der Waals surface area contributed by atoms with Crippen molar-refractivity contribution < 1.29 is 9.53 Å². The minimum absolute atomic E-state index is 0.451. The molecule has 59 valence electrons. The molecule has 0 aliphatic carbocycles. The first kappa shape index (κ1) is 8.07. The predicted octanol–water partition coefficient (Wildman–Crippen LogP) is 2.11. The highest BCUT2D eigenvalue weighted by molar-refractivity contribution is 7.14. The Morgan fingerprint density at radius 1 is 1.82 bits per heavy atom. The van der Waals surface area contributed by atoms with Crippen molar-refractivity contribution in [2.24, 2.45) is 0 Å². The number of carbonyl (C=O) groups excluding carboxylic acids is 1. The summed E-state index contributed by atoms with van der Waals surface area (Å²) in [5.41, 5.74) is 0. The van der Waals surface area contributed by atoms with E-state index in [1.165, 1.54) is 23.3 Å². The molecule has 0 spiro atoms. The highest BCUT2D eigenvalue weighted by Gasteiger charge is 2.10. The molecule has 4 heteroatoms. The molecule has 0 fully saturated rings. The molecule has 0 atom stereocenters. The van der Waals surface area contributed by atoms with Crippen LogP contribution in [-0.2, 0) is 4.74 Å². The first-order chi connectivity index (χ1) is 5.25. The average molecular weight is 170 g/mol. The van der Waals surface area contributed by atoms with E-state index < -0.39 is 6.09 Å². The Hall–Kier alpha value is -1.03. The van der Waals surface area contributed by atoms with E-state index in [0.29, 0.717) is 0 Å². The Balaban J connectivity index is 2.70. The second kappa shape index (κ2) is 3.39. The topological polar surface area (TPSA) is 29.5 Å². The van der Waals surface area contributed by atoms with Gasteiger partial charge in [0.05, 0.1) is 7.11 Å². The van der Waals surface area contributed by atoms with Gasteiger partial charge in [0.15, 0.2) is 0 Å². The Bertz CT molecular complexity index is 233. The van der Waals surface area contributed by atoms with Crippen molar-refractivity contribution >= 4 is 22.4 Å². The first-order valence-corrected chi connectivity index (χ1v) is 3.85. The summed E-state index contributed by atoms with van der Waals surface area (Å²) < 4.78 is 4.47. The lowest BCUT2D eigenvalue weighted by Gasteiger charge is -2.11. The lowest BCUT2D eigenvalue weighted by molar-refractivity contribution is 0.181. The van der Waals surface area contributed by atoms with Crippen molar-refractivity contribution in [1.29, 1.82) is 0 Å². The second-order valence-electron chi connectivity index (χ2n) is 1.85. The van der Waals surface area contributed by atoms with Gasteiger partial charge in [0.2, 0.25) is 0 Å². The second-order valence-corrected chi connectivity index (χ2v) is 2.78. The lowest BCUT2D eigenvalue weighted by atomic mass is 10.6. The van der Waals surface area contributed by atoms with E-state index in [1.807, 2.05) is 11.4 Å². The predicted molar refractivity (Wildman–Crippen MR) is 44.6 cm³/mol. The van der Waals surface area contributed by atoms with Crippen LogP contribution in [0, 0.1) is 7.05 Å². The number of amides is 1. The van der Waals surface area contributed by atoms with Gasteiger partial charge in [0, 0.05) is 7.05 Å². The van der Waals surface area contributed by atoms with E-state index in [4.69, 9.17) is 0 Å². The molecule has 1 amide bonds. The molecular weight excluding hydrogens is 162 g/mol. The highest BCUT2D eigenvalue weighted by Crippen LogP contribution is 2.20. The molecule has 0 saturated heterocycles. The minimum atomic E-state index is -0.451. The lowest BCUT2D eigenvalue weighted by Crippen LogP contribution is -2.22. The fourth-order valence-corrected chi connectivity index (χ4v) is 1.28. The quantitative estimate of drug-likeness (QED) is 0.646. The van der Waals surface area contributed by atoms with Crippen LogP contribution in [0.25, 0.3) is 0 Å². The molecular formula is C7H8NO2S. The summed E-state index contributed by atoms with van der Waals surface area (Å²) in [4.78, 5) is 12.1. The van der Waals surface area contributed by atoms with Crippen molar-refractivity contribution in [3.8, 4) is 0 Å². The maximum absolute atomic E-state index is 10.9. The standard InChI is InChI=1S/C7H8NO2S/c1-8(7(9)10-2)6-4-3-5-11-6/h3-5H,1H2,2H3. The largest absolute Gasteiger partial charge is 0.452 e. The molecule has 1 radical (unpaired) electrons. The van der Waals surface area contributed by atoms with Gasteiger partial charge in [0.1, 0.15) is 5.00 Å². The van der Waals surface area contributed by atoms with Crippen LogP contribution in [0.15, 0.2) is 17.5 Å².